The first-order valence-electron chi connectivity index (χ1n) is 21.6. The first-order valence-corrected chi connectivity index (χ1v) is 21.6. The van der Waals surface area contributed by atoms with Crippen LogP contribution in [0.25, 0.3) is 0 Å². The summed E-state index contributed by atoms with van der Waals surface area (Å²) in [5, 5.41) is 2.61. The molecular weight excluding hydrogens is 944 g/mol. The minimum atomic E-state index is -2.06. The van der Waals surface area contributed by atoms with Crippen molar-refractivity contribution in [3.63, 3.8) is 0 Å². The molecule has 3 saturated heterocycles. The van der Waals surface area contributed by atoms with Gasteiger partial charge in [-0.1, -0.05) is 6.08 Å². The molecule has 2 amide bonds. The van der Waals surface area contributed by atoms with Gasteiger partial charge in [0, 0.05) is 82.7 Å². The molecule has 0 radical (unpaired) electrons. The largest absolute Gasteiger partial charge is 0.463 e. The van der Waals surface area contributed by atoms with E-state index in [1.54, 1.807) is 0 Å². The van der Waals surface area contributed by atoms with E-state index in [0.717, 1.165) is 74.1 Å². The summed E-state index contributed by atoms with van der Waals surface area (Å²) in [5.41, 5.74) is 0. The van der Waals surface area contributed by atoms with Crippen LogP contribution in [0.3, 0.4) is 0 Å². The molecule has 0 aliphatic carbocycles. The minimum absolute atomic E-state index is 0.178. The molecule has 27 nitrogen and oxygen atoms in total. The van der Waals surface area contributed by atoms with E-state index in [-0.39, 0.29) is 6.54 Å². The Bertz CT molecular complexity index is 1960. The van der Waals surface area contributed by atoms with Gasteiger partial charge in [-0.3, -0.25) is 52.7 Å². The average molecular weight is 1000 g/mol. The first kappa shape index (κ1) is 58.0. The standard InChI is InChI=1S/C43H60N2O25/c1-13-14-45(19(3)47)41-32(44-18(2)46)36(62-25(9)53)33(29(66-41)15-57-20(4)48)69-42-40(65-28(12)56)38(35(61-24(8)52)31(67-42)17-59-22(6)50)70-43-39(64-27(11)55)37(63-26(10)54)34(60-23(7)51)30(68-43)16-58-21(5)49/h13,29-43H,1,14-17H2,2-12H3,(H,44,46)/t29-,30-,31-,32-,33-,34+,35+,36-,37+,38+,39-,40-,41-,42+,43-/m1/s1. The van der Waals surface area contributed by atoms with Crippen molar-refractivity contribution in [3.8, 4) is 0 Å². The first-order chi connectivity index (χ1) is 32.7. The highest BCUT2D eigenvalue weighted by Gasteiger charge is 2.60. The fraction of sp³-hybridized carbons (Fsp3) is 0.698. The van der Waals surface area contributed by atoms with Crippen molar-refractivity contribution in [3.05, 3.63) is 12.7 Å². The van der Waals surface area contributed by atoms with Gasteiger partial charge in [0.2, 0.25) is 11.8 Å². The zero-order valence-corrected chi connectivity index (χ0v) is 40.4. The van der Waals surface area contributed by atoms with Crippen LogP contribution in [-0.2, 0) is 119 Å². The number of carbonyl (C=O) groups excluding carboxylic acids is 11. The van der Waals surface area contributed by atoms with Crippen LogP contribution in [0.1, 0.15) is 76.2 Å². The summed E-state index contributed by atoms with van der Waals surface area (Å²) in [7, 11) is 0. The van der Waals surface area contributed by atoms with Crippen molar-refractivity contribution in [1.82, 2.24) is 10.2 Å². The topological polar surface area (TPSA) is 332 Å². The van der Waals surface area contributed by atoms with E-state index in [0.29, 0.717) is 0 Å². The Morgan fingerprint density at radius 2 is 0.786 bits per heavy atom. The Kier molecular flexibility index (Phi) is 22.1. The zero-order chi connectivity index (χ0) is 52.7. The van der Waals surface area contributed by atoms with Crippen molar-refractivity contribution in [2.24, 2.45) is 0 Å². The van der Waals surface area contributed by atoms with Crippen LogP contribution in [0.2, 0.25) is 0 Å². The maximum Gasteiger partial charge on any atom is 0.303 e. The van der Waals surface area contributed by atoms with Gasteiger partial charge >= 0.3 is 53.7 Å². The van der Waals surface area contributed by atoms with Gasteiger partial charge < -0.3 is 76.5 Å². The van der Waals surface area contributed by atoms with Gasteiger partial charge in [-0.05, 0) is 0 Å². The third-order valence-corrected chi connectivity index (χ3v) is 10.0. The third kappa shape index (κ3) is 17.0. The Balaban J connectivity index is 2.41. The Morgan fingerprint density at radius 1 is 0.443 bits per heavy atom. The smallest absolute Gasteiger partial charge is 0.303 e. The SMILES string of the molecule is C=CCN(C(C)=O)[C@@H]1O[C@H](COC(C)=O)[C@@H](O[C@@H]2O[C@H](COC(C)=O)[C@H](OC(C)=O)[C@H](O[C@H]3O[C@H](COC(C)=O)[C@H](OC(C)=O)[C@H](OC(C)=O)[C@H]3OC(C)=O)[C@H]2OC(C)=O)[C@H](OC(C)=O)[C@H]1NC(C)=O. The van der Waals surface area contributed by atoms with Crippen molar-refractivity contribution in [2.45, 2.75) is 168 Å². The summed E-state index contributed by atoms with van der Waals surface area (Å²) in [5.74, 6) is -9.93. The van der Waals surface area contributed by atoms with E-state index in [1.807, 2.05) is 0 Å². The summed E-state index contributed by atoms with van der Waals surface area (Å²) in [6, 6.07) is -1.49. The summed E-state index contributed by atoms with van der Waals surface area (Å²) in [6.45, 7) is 12.6. The molecular formula is C43H60N2O25. The van der Waals surface area contributed by atoms with E-state index < -0.39 is 177 Å². The fourth-order valence-electron chi connectivity index (χ4n) is 7.69. The molecule has 0 aromatic carbocycles. The second kappa shape index (κ2) is 26.6. The maximum absolute atomic E-state index is 13.1. The van der Waals surface area contributed by atoms with Crippen LogP contribution in [0, 0.1) is 0 Å². The van der Waals surface area contributed by atoms with Crippen LogP contribution in [0.15, 0.2) is 12.7 Å². The number of nitrogens with one attached hydrogen (secondary N) is 1. The minimum Gasteiger partial charge on any atom is -0.463 e. The zero-order valence-electron chi connectivity index (χ0n) is 40.4. The molecule has 0 aromatic rings. The normalized spacial score (nSPS) is 30.4. The lowest BCUT2D eigenvalue weighted by Crippen LogP contribution is -2.71. The van der Waals surface area contributed by atoms with Crippen LogP contribution >= 0.6 is 0 Å². The molecule has 0 spiro atoms. The van der Waals surface area contributed by atoms with Crippen LogP contribution in [0.4, 0.5) is 0 Å². The van der Waals surface area contributed by atoms with Gasteiger partial charge in [0.25, 0.3) is 0 Å². The van der Waals surface area contributed by atoms with E-state index in [9.17, 15) is 52.7 Å². The van der Waals surface area contributed by atoms with Gasteiger partial charge in [-0.2, -0.15) is 0 Å². The molecule has 3 rings (SSSR count). The lowest BCUT2D eigenvalue weighted by molar-refractivity contribution is -0.374. The van der Waals surface area contributed by atoms with Gasteiger partial charge in [0.1, 0.15) is 56.4 Å². The second-order valence-electron chi connectivity index (χ2n) is 15.9. The summed E-state index contributed by atoms with van der Waals surface area (Å²) >= 11 is 0. The number of nitrogens with zero attached hydrogens (tertiary/aromatic N) is 1. The highest BCUT2D eigenvalue weighted by atomic mass is 16.8. The number of rotatable bonds is 20. The third-order valence-electron chi connectivity index (χ3n) is 10.0. The molecule has 392 valence electrons. The number of hydrogen-bond acceptors (Lipinski definition) is 25. The molecule has 3 fully saturated rings. The highest BCUT2D eigenvalue weighted by Crippen LogP contribution is 2.38. The van der Waals surface area contributed by atoms with Gasteiger partial charge in [0.05, 0.1) is 0 Å². The molecule has 15 atom stereocenters. The predicted molar refractivity (Wildman–Crippen MR) is 224 cm³/mol. The van der Waals surface area contributed by atoms with Crippen molar-refractivity contribution in [2.75, 3.05) is 26.4 Å². The van der Waals surface area contributed by atoms with Crippen molar-refractivity contribution < 1.29 is 119 Å². The molecule has 3 aliphatic heterocycles. The number of ether oxygens (including phenoxy) is 14. The monoisotopic (exact) mass is 1000 g/mol. The summed E-state index contributed by atoms with van der Waals surface area (Å²) in [4.78, 5) is 140. The lowest BCUT2D eigenvalue weighted by Gasteiger charge is -2.51. The van der Waals surface area contributed by atoms with Crippen LogP contribution in [0.5, 0.6) is 0 Å². The molecule has 0 unspecified atom stereocenters. The van der Waals surface area contributed by atoms with E-state index in [2.05, 4.69) is 11.9 Å². The predicted octanol–water partition coefficient (Wildman–Crippen LogP) is -1.25. The van der Waals surface area contributed by atoms with Crippen molar-refractivity contribution >= 4 is 65.5 Å². The van der Waals surface area contributed by atoms with E-state index >= 15 is 0 Å². The van der Waals surface area contributed by atoms with Gasteiger partial charge in [-0.15, -0.1) is 6.58 Å². The van der Waals surface area contributed by atoms with E-state index in [1.165, 1.54) is 13.0 Å². The van der Waals surface area contributed by atoms with Crippen LogP contribution < -0.4 is 5.32 Å². The molecule has 1 N–H and O–H groups in total. The molecule has 0 saturated carbocycles. The second-order valence-corrected chi connectivity index (χ2v) is 15.9. The van der Waals surface area contributed by atoms with Gasteiger partial charge in [0.15, 0.2) is 55.4 Å². The number of carbonyl (C=O) groups is 11. The van der Waals surface area contributed by atoms with Crippen LogP contribution in [-0.4, -0.2) is 189 Å². The molecule has 0 aromatic heterocycles. The quantitative estimate of drug-likeness (QED) is 0.0846. The van der Waals surface area contributed by atoms with E-state index in [4.69, 9.17) is 66.3 Å². The molecule has 27 heteroatoms. The average Bonchev–Trinajstić information content (AvgIpc) is 3.22. The molecule has 0 bridgehead atoms. The molecule has 3 heterocycles. The summed E-state index contributed by atoms with van der Waals surface area (Å²) < 4.78 is 81.4. The number of esters is 9. The Morgan fingerprint density at radius 3 is 1.16 bits per heavy atom. The Hall–Kier alpha value is -6.29. The number of amides is 2. The highest BCUT2D eigenvalue weighted by molar-refractivity contribution is 5.76. The maximum atomic E-state index is 13.1. The number of hydrogen-bond donors (Lipinski definition) is 1. The summed E-state index contributed by atoms with van der Waals surface area (Å²) in [6.07, 6.45) is -23.7. The Labute approximate surface area is 401 Å². The molecule has 3 aliphatic rings. The van der Waals surface area contributed by atoms with Crippen molar-refractivity contribution in [1.29, 1.82) is 0 Å². The van der Waals surface area contributed by atoms with Gasteiger partial charge in [-0.25, -0.2) is 0 Å². The fourth-order valence-corrected chi connectivity index (χ4v) is 7.69. The lowest BCUT2D eigenvalue weighted by atomic mass is 9.93. The molecule has 70 heavy (non-hydrogen) atoms.